The Kier molecular flexibility index (Phi) is 4.66. The highest BCUT2D eigenvalue weighted by molar-refractivity contribution is 5.29. The van der Waals surface area contributed by atoms with Gasteiger partial charge >= 0.3 is 0 Å². The Morgan fingerprint density at radius 3 is 2.80 bits per heavy atom. The lowest BCUT2D eigenvalue weighted by Crippen LogP contribution is -2.61. The zero-order valence-corrected chi connectivity index (χ0v) is 12.9. The van der Waals surface area contributed by atoms with E-state index < -0.39 is 0 Å². The molecule has 1 atom stereocenters. The molecule has 2 rings (SSSR count). The van der Waals surface area contributed by atoms with Gasteiger partial charge in [0.2, 0.25) is 0 Å². The van der Waals surface area contributed by atoms with Gasteiger partial charge in [0.1, 0.15) is 0 Å². The van der Waals surface area contributed by atoms with Crippen molar-refractivity contribution in [2.75, 3.05) is 20.2 Å². The highest BCUT2D eigenvalue weighted by Crippen LogP contribution is 2.24. The van der Waals surface area contributed by atoms with Gasteiger partial charge in [-0.1, -0.05) is 13.0 Å². The van der Waals surface area contributed by atoms with Crippen LogP contribution in [0.3, 0.4) is 0 Å². The summed E-state index contributed by atoms with van der Waals surface area (Å²) in [7, 11) is 1.49. The van der Waals surface area contributed by atoms with Gasteiger partial charge in [0.05, 0.1) is 7.11 Å². The summed E-state index contributed by atoms with van der Waals surface area (Å²) in [5.41, 5.74) is 1.08. The molecule has 1 unspecified atom stereocenters. The fraction of sp³-hybridized carbons (Fsp3) is 0.625. The van der Waals surface area contributed by atoms with Crippen molar-refractivity contribution in [3.8, 4) is 5.75 Å². The molecule has 112 valence electrons. The lowest BCUT2D eigenvalue weighted by atomic mass is 9.95. The summed E-state index contributed by atoms with van der Waals surface area (Å²) >= 11 is 0. The first-order valence-corrected chi connectivity index (χ1v) is 7.27. The van der Waals surface area contributed by atoms with E-state index in [2.05, 4.69) is 31.0 Å². The zero-order chi connectivity index (χ0) is 14.8. The molecule has 0 radical (unpaired) electrons. The molecule has 0 amide bonds. The van der Waals surface area contributed by atoms with Crippen LogP contribution in [0.1, 0.15) is 32.8 Å². The number of piperazine rings is 1. The van der Waals surface area contributed by atoms with E-state index >= 15 is 0 Å². The second-order valence-corrected chi connectivity index (χ2v) is 6.15. The average Bonchev–Trinajstić information content (AvgIpc) is 2.41. The molecule has 1 aromatic carbocycles. The molecule has 0 spiro atoms. The van der Waals surface area contributed by atoms with E-state index in [0.717, 1.165) is 31.6 Å². The maximum atomic E-state index is 13.8. The topological polar surface area (TPSA) is 24.5 Å². The van der Waals surface area contributed by atoms with Crippen molar-refractivity contribution in [1.82, 2.24) is 10.2 Å². The van der Waals surface area contributed by atoms with Crippen LogP contribution >= 0.6 is 0 Å². The first-order chi connectivity index (χ1) is 9.46. The molecule has 0 aliphatic carbocycles. The molecular weight excluding hydrogens is 255 g/mol. The summed E-state index contributed by atoms with van der Waals surface area (Å²) < 4.78 is 18.8. The summed E-state index contributed by atoms with van der Waals surface area (Å²) in [4.78, 5) is 2.43. The van der Waals surface area contributed by atoms with Crippen molar-refractivity contribution >= 4 is 0 Å². The second kappa shape index (κ2) is 6.10. The van der Waals surface area contributed by atoms with Gasteiger partial charge in [-0.3, -0.25) is 4.90 Å². The SMILES string of the molecule is CCC1CN(Cc2ccc(OC)c(F)c2)C(C)(C)CN1. The molecule has 4 heteroatoms. The maximum Gasteiger partial charge on any atom is 0.165 e. The molecule has 0 aromatic heterocycles. The van der Waals surface area contributed by atoms with Crippen molar-refractivity contribution in [2.45, 2.75) is 45.3 Å². The van der Waals surface area contributed by atoms with E-state index in [1.165, 1.54) is 7.11 Å². The lowest BCUT2D eigenvalue weighted by Gasteiger charge is -2.46. The third kappa shape index (κ3) is 3.30. The van der Waals surface area contributed by atoms with Crippen LogP contribution in [-0.4, -0.2) is 36.7 Å². The number of hydrogen-bond donors (Lipinski definition) is 1. The smallest absolute Gasteiger partial charge is 0.165 e. The highest BCUT2D eigenvalue weighted by atomic mass is 19.1. The molecule has 20 heavy (non-hydrogen) atoms. The summed E-state index contributed by atoms with van der Waals surface area (Å²) in [6.07, 6.45) is 1.11. The van der Waals surface area contributed by atoms with Gasteiger partial charge < -0.3 is 10.1 Å². The zero-order valence-electron chi connectivity index (χ0n) is 12.9. The highest BCUT2D eigenvalue weighted by Gasteiger charge is 2.33. The summed E-state index contributed by atoms with van der Waals surface area (Å²) in [6, 6.07) is 5.75. The van der Waals surface area contributed by atoms with Crippen molar-refractivity contribution in [3.63, 3.8) is 0 Å². The van der Waals surface area contributed by atoms with Crippen LogP contribution in [0.15, 0.2) is 18.2 Å². The molecule has 1 heterocycles. The van der Waals surface area contributed by atoms with Crippen LogP contribution in [0.2, 0.25) is 0 Å². The van der Waals surface area contributed by atoms with Gasteiger partial charge in [0, 0.05) is 31.2 Å². The fourth-order valence-electron chi connectivity index (χ4n) is 2.66. The van der Waals surface area contributed by atoms with Gasteiger partial charge in [0.25, 0.3) is 0 Å². The predicted molar refractivity (Wildman–Crippen MR) is 79.5 cm³/mol. The largest absolute Gasteiger partial charge is 0.494 e. The Balaban J connectivity index is 2.12. The summed E-state index contributed by atoms with van der Waals surface area (Å²) in [6.45, 7) is 9.38. The van der Waals surface area contributed by atoms with Gasteiger partial charge in [-0.25, -0.2) is 4.39 Å². The van der Waals surface area contributed by atoms with Gasteiger partial charge in [-0.15, -0.1) is 0 Å². The Labute approximate surface area is 121 Å². The molecule has 1 aliphatic rings. The number of methoxy groups -OCH3 is 1. The van der Waals surface area contributed by atoms with E-state index in [4.69, 9.17) is 4.74 Å². The standard InChI is InChI=1S/C16H25FN2O/c1-5-13-10-19(16(2,3)11-18-13)9-12-6-7-15(20-4)14(17)8-12/h6-8,13,18H,5,9-11H2,1-4H3. The third-order valence-electron chi connectivity index (χ3n) is 4.20. The number of hydrogen-bond acceptors (Lipinski definition) is 3. The molecule has 1 N–H and O–H groups in total. The quantitative estimate of drug-likeness (QED) is 0.918. The second-order valence-electron chi connectivity index (χ2n) is 6.15. The van der Waals surface area contributed by atoms with Crippen LogP contribution in [0.4, 0.5) is 4.39 Å². The molecule has 3 nitrogen and oxygen atoms in total. The number of rotatable bonds is 4. The average molecular weight is 280 g/mol. The number of ether oxygens (including phenoxy) is 1. The number of nitrogens with zero attached hydrogens (tertiary/aromatic N) is 1. The normalized spacial score (nSPS) is 22.8. The van der Waals surface area contributed by atoms with Crippen molar-refractivity contribution in [3.05, 3.63) is 29.6 Å². The molecule has 1 saturated heterocycles. The minimum atomic E-state index is -0.287. The van der Waals surface area contributed by atoms with Crippen molar-refractivity contribution < 1.29 is 9.13 Å². The number of halogens is 1. The van der Waals surface area contributed by atoms with Crippen LogP contribution in [0.25, 0.3) is 0 Å². The van der Waals surface area contributed by atoms with E-state index in [9.17, 15) is 4.39 Å². The van der Waals surface area contributed by atoms with Crippen LogP contribution in [0.5, 0.6) is 5.75 Å². The molecule has 1 aromatic rings. The Morgan fingerprint density at radius 2 is 2.20 bits per heavy atom. The fourth-order valence-corrected chi connectivity index (χ4v) is 2.66. The minimum absolute atomic E-state index is 0.0854. The first-order valence-electron chi connectivity index (χ1n) is 7.27. The summed E-state index contributed by atoms with van der Waals surface area (Å²) in [5, 5.41) is 3.57. The minimum Gasteiger partial charge on any atom is -0.494 e. The lowest BCUT2D eigenvalue weighted by molar-refractivity contribution is 0.0576. The van der Waals surface area contributed by atoms with Gasteiger partial charge in [-0.05, 0) is 38.0 Å². The van der Waals surface area contributed by atoms with E-state index in [1.54, 1.807) is 12.1 Å². The van der Waals surface area contributed by atoms with Gasteiger partial charge in [-0.2, -0.15) is 0 Å². The summed E-state index contributed by atoms with van der Waals surface area (Å²) in [5.74, 6) is 0.0183. The van der Waals surface area contributed by atoms with E-state index in [0.29, 0.717) is 11.8 Å². The molecule has 1 aliphatic heterocycles. The molecule has 1 fully saturated rings. The van der Waals surface area contributed by atoms with Crippen LogP contribution in [0, 0.1) is 5.82 Å². The van der Waals surface area contributed by atoms with E-state index in [-0.39, 0.29) is 11.4 Å². The Hall–Kier alpha value is -1.13. The Bertz CT molecular complexity index is 462. The number of benzene rings is 1. The molecule has 0 bridgehead atoms. The maximum absolute atomic E-state index is 13.8. The monoisotopic (exact) mass is 280 g/mol. The Morgan fingerprint density at radius 1 is 1.45 bits per heavy atom. The van der Waals surface area contributed by atoms with Crippen LogP contribution < -0.4 is 10.1 Å². The van der Waals surface area contributed by atoms with Crippen LogP contribution in [-0.2, 0) is 6.54 Å². The molecular formula is C16H25FN2O. The third-order valence-corrected chi connectivity index (χ3v) is 4.20. The van der Waals surface area contributed by atoms with Crippen molar-refractivity contribution in [2.24, 2.45) is 0 Å². The predicted octanol–water partition coefficient (Wildman–Crippen LogP) is 2.80. The molecule has 0 saturated carbocycles. The number of nitrogens with one attached hydrogen (secondary N) is 1. The van der Waals surface area contributed by atoms with Crippen molar-refractivity contribution in [1.29, 1.82) is 0 Å². The van der Waals surface area contributed by atoms with Gasteiger partial charge in [0.15, 0.2) is 11.6 Å². The van der Waals surface area contributed by atoms with E-state index in [1.807, 2.05) is 6.07 Å². The first kappa shape index (κ1) is 15.3.